The van der Waals surface area contributed by atoms with E-state index in [4.69, 9.17) is 9.47 Å². The third kappa shape index (κ3) is 2.53. The average molecular weight is 339 g/mol. The lowest BCUT2D eigenvalue weighted by molar-refractivity contribution is -0.310. The maximum atomic E-state index is 5.65. The van der Waals surface area contributed by atoms with Gasteiger partial charge in [0.25, 0.3) is 0 Å². The molecule has 1 spiro atoms. The summed E-state index contributed by atoms with van der Waals surface area (Å²) in [6.07, 6.45) is 4.42. The van der Waals surface area contributed by atoms with Crippen molar-refractivity contribution in [3.63, 3.8) is 0 Å². The molecule has 5 heteroatoms. The van der Waals surface area contributed by atoms with Crippen LogP contribution >= 0.6 is 0 Å². The summed E-state index contributed by atoms with van der Waals surface area (Å²) in [5.41, 5.74) is 2.59. The minimum Gasteiger partial charge on any atom is -0.353 e. The average Bonchev–Trinajstić information content (AvgIpc) is 2.62. The Kier molecular flexibility index (Phi) is 4.01. The monoisotopic (exact) mass is 339 g/mol. The van der Waals surface area contributed by atoms with Gasteiger partial charge in [-0.1, -0.05) is 37.3 Å². The van der Waals surface area contributed by atoms with Gasteiger partial charge >= 0.3 is 0 Å². The predicted octanol–water partition coefficient (Wildman–Crippen LogP) is 3.37. The SMILES string of the molecule is CCc1cc(N2CC3(CC(OC)(OC)C3)C2c2ccccc2)ncn1. The summed E-state index contributed by atoms with van der Waals surface area (Å²) in [6.45, 7) is 3.09. The summed E-state index contributed by atoms with van der Waals surface area (Å²) in [5, 5.41) is 0. The van der Waals surface area contributed by atoms with E-state index in [0.717, 1.165) is 37.3 Å². The standard InChI is InChI=1S/C20H25N3O2/c1-4-16-10-17(22-14-21-16)23-13-19(11-20(12-19,24-2)25-3)18(23)15-8-6-5-7-9-15/h5-10,14,18H,4,11-13H2,1-3H3. The molecule has 5 nitrogen and oxygen atoms in total. The lowest BCUT2D eigenvalue weighted by Crippen LogP contribution is -2.70. The molecule has 1 unspecified atom stereocenters. The fourth-order valence-corrected chi connectivity index (χ4v) is 4.55. The van der Waals surface area contributed by atoms with E-state index in [2.05, 4.69) is 58.2 Å². The first-order valence-electron chi connectivity index (χ1n) is 8.88. The first-order chi connectivity index (χ1) is 12.2. The lowest BCUT2D eigenvalue weighted by Gasteiger charge is -2.67. The van der Waals surface area contributed by atoms with Crippen molar-refractivity contribution in [2.24, 2.45) is 5.41 Å². The highest BCUT2D eigenvalue weighted by Gasteiger charge is 2.67. The van der Waals surface area contributed by atoms with Crippen LogP contribution in [0, 0.1) is 5.41 Å². The van der Waals surface area contributed by atoms with Crippen LogP contribution < -0.4 is 4.90 Å². The quantitative estimate of drug-likeness (QED) is 0.782. The van der Waals surface area contributed by atoms with Crippen LogP contribution in [0.5, 0.6) is 0 Å². The van der Waals surface area contributed by atoms with Crippen LogP contribution in [0.25, 0.3) is 0 Å². The molecular weight excluding hydrogens is 314 g/mol. The van der Waals surface area contributed by atoms with Crippen molar-refractivity contribution in [3.05, 3.63) is 54.0 Å². The molecule has 1 aliphatic carbocycles. The Morgan fingerprint density at radius 2 is 1.84 bits per heavy atom. The number of ether oxygens (including phenoxy) is 2. The number of anilines is 1. The van der Waals surface area contributed by atoms with Crippen molar-refractivity contribution in [2.45, 2.75) is 38.0 Å². The predicted molar refractivity (Wildman–Crippen MR) is 96.4 cm³/mol. The Morgan fingerprint density at radius 3 is 2.48 bits per heavy atom. The van der Waals surface area contributed by atoms with E-state index in [9.17, 15) is 0 Å². The highest BCUT2D eigenvalue weighted by atomic mass is 16.7. The van der Waals surface area contributed by atoms with Gasteiger partial charge in [0.05, 0.1) is 6.04 Å². The second kappa shape index (κ2) is 6.07. The van der Waals surface area contributed by atoms with Gasteiger partial charge in [0.2, 0.25) is 0 Å². The molecule has 2 fully saturated rings. The Hall–Kier alpha value is -1.98. The molecule has 2 aliphatic rings. The molecule has 1 saturated carbocycles. The Balaban J connectivity index is 1.66. The molecule has 0 bridgehead atoms. The van der Waals surface area contributed by atoms with Gasteiger partial charge in [0.1, 0.15) is 12.1 Å². The summed E-state index contributed by atoms with van der Waals surface area (Å²) in [5.74, 6) is 0.581. The number of aryl methyl sites for hydroxylation is 1. The van der Waals surface area contributed by atoms with E-state index in [-0.39, 0.29) is 5.41 Å². The highest BCUT2D eigenvalue weighted by Crippen LogP contribution is 2.65. The van der Waals surface area contributed by atoms with E-state index >= 15 is 0 Å². The number of benzene rings is 1. The molecule has 0 radical (unpaired) electrons. The molecule has 1 atom stereocenters. The van der Waals surface area contributed by atoms with Crippen molar-refractivity contribution < 1.29 is 9.47 Å². The van der Waals surface area contributed by atoms with Crippen molar-refractivity contribution in [1.82, 2.24) is 9.97 Å². The molecule has 1 aromatic heterocycles. The fraction of sp³-hybridized carbons (Fsp3) is 0.500. The zero-order valence-corrected chi connectivity index (χ0v) is 15.1. The van der Waals surface area contributed by atoms with Gasteiger partial charge < -0.3 is 14.4 Å². The second-order valence-electron chi connectivity index (χ2n) is 7.20. The molecule has 1 aromatic carbocycles. The summed E-state index contributed by atoms with van der Waals surface area (Å²) >= 11 is 0. The molecular formula is C20H25N3O2. The molecule has 2 heterocycles. The molecule has 1 aliphatic heterocycles. The van der Waals surface area contributed by atoms with Gasteiger partial charge in [-0.05, 0) is 12.0 Å². The maximum Gasteiger partial charge on any atom is 0.168 e. The zero-order valence-electron chi connectivity index (χ0n) is 15.1. The zero-order chi connectivity index (χ0) is 17.5. The lowest BCUT2D eigenvalue weighted by atomic mass is 9.53. The normalized spacial score (nSPS) is 23.2. The molecule has 0 N–H and O–H groups in total. The minimum absolute atomic E-state index is 0.185. The molecule has 1 saturated heterocycles. The van der Waals surface area contributed by atoms with E-state index in [0.29, 0.717) is 6.04 Å². The molecule has 132 valence electrons. The number of hydrogen-bond donors (Lipinski definition) is 0. The molecule has 4 rings (SSSR count). The molecule has 25 heavy (non-hydrogen) atoms. The van der Waals surface area contributed by atoms with Crippen LogP contribution in [0.1, 0.15) is 37.1 Å². The van der Waals surface area contributed by atoms with Crippen LogP contribution in [-0.2, 0) is 15.9 Å². The van der Waals surface area contributed by atoms with Crippen molar-refractivity contribution in [3.8, 4) is 0 Å². The van der Waals surface area contributed by atoms with E-state index in [1.807, 2.05) is 0 Å². The molecule has 0 amide bonds. The number of rotatable bonds is 5. The van der Waals surface area contributed by atoms with Gasteiger partial charge in [0.15, 0.2) is 5.79 Å². The number of nitrogens with zero attached hydrogens (tertiary/aromatic N) is 3. The number of aromatic nitrogens is 2. The van der Waals surface area contributed by atoms with Gasteiger partial charge in [0, 0.05) is 50.8 Å². The van der Waals surface area contributed by atoms with Gasteiger partial charge in [-0.3, -0.25) is 0 Å². The highest BCUT2D eigenvalue weighted by molar-refractivity contribution is 5.51. The van der Waals surface area contributed by atoms with Gasteiger partial charge in [-0.2, -0.15) is 0 Å². The fourth-order valence-electron chi connectivity index (χ4n) is 4.55. The van der Waals surface area contributed by atoms with Crippen LogP contribution in [-0.4, -0.2) is 36.5 Å². The Labute approximate surface area is 149 Å². The second-order valence-corrected chi connectivity index (χ2v) is 7.20. The van der Waals surface area contributed by atoms with E-state index in [1.165, 1.54) is 5.56 Å². The Bertz CT molecular complexity index is 738. The van der Waals surface area contributed by atoms with Gasteiger partial charge in [-0.25, -0.2) is 9.97 Å². The third-order valence-corrected chi connectivity index (χ3v) is 5.84. The summed E-state index contributed by atoms with van der Waals surface area (Å²) in [7, 11) is 3.48. The number of hydrogen-bond acceptors (Lipinski definition) is 5. The topological polar surface area (TPSA) is 47.5 Å². The van der Waals surface area contributed by atoms with Crippen molar-refractivity contribution >= 4 is 5.82 Å². The van der Waals surface area contributed by atoms with Crippen LogP contribution in [0.15, 0.2) is 42.7 Å². The molecule has 2 aromatic rings. The maximum absolute atomic E-state index is 5.65. The minimum atomic E-state index is -0.431. The largest absolute Gasteiger partial charge is 0.353 e. The number of methoxy groups -OCH3 is 2. The van der Waals surface area contributed by atoms with Crippen LogP contribution in [0.2, 0.25) is 0 Å². The first kappa shape index (κ1) is 16.5. The first-order valence-corrected chi connectivity index (χ1v) is 8.88. The van der Waals surface area contributed by atoms with Crippen molar-refractivity contribution in [2.75, 3.05) is 25.7 Å². The third-order valence-electron chi connectivity index (χ3n) is 5.84. The summed E-state index contributed by atoms with van der Waals surface area (Å²) < 4.78 is 11.3. The van der Waals surface area contributed by atoms with Gasteiger partial charge in [-0.15, -0.1) is 0 Å². The smallest absolute Gasteiger partial charge is 0.168 e. The summed E-state index contributed by atoms with van der Waals surface area (Å²) in [6, 6.07) is 13.1. The van der Waals surface area contributed by atoms with E-state index in [1.54, 1.807) is 20.5 Å². The van der Waals surface area contributed by atoms with Crippen LogP contribution in [0.4, 0.5) is 5.82 Å². The Morgan fingerprint density at radius 1 is 1.12 bits per heavy atom. The van der Waals surface area contributed by atoms with E-state index < -0.39 is 5.79 Å². The van der Waals surface area contributed by atoms with Crippen LogP contribution in [0.3, 0.4) is 0 Å². The summed E-state index contributed by atoms with van der Waals surface area (Å²) in [4.78, 5) is 11.3. The van der Waals surface area contributed by atoms with Crippen molar-refractivity contribution in [1.29, 1.82) is 0 Å².